The summed E-state index contributed by atoms with van der Waals surface area (Å²) >= 11 is 0. The highest BCUT2D eigenvalue weighted by Crippen LogP contribution is 2.42. The topological polar surface area (TPSA) is 50.8 Å². The third-order valence-corrected chi connectivity index (χ3v) is 3.85. The van der Waals surface area contributed by atoms with Crippen molar-refractivity contribution >= 4 is 11.6 Å². The third-order valence-electron chi connectivity index (χ3n) is 3.85. The molecule has 5 nitrogen and oxygen atoms in total. The highest BCUT2D eigenvalue weighted by Gasteiger charge is 2.43. The smallest absolute Gasteiger partial charge is 0.395 e. The zero-order chi connectivity index (χ0) is 15.7. The molecule has 1 N–H and O–H groups in total. The van der Waals surface area contributed by atoms with E-state index in [0.717, 1.165) is 25.9 Å². The molecule has 0 saturated carbocycles. The molecule has 0 radical (unpaired) electrons. The molecule has 2 aliphatic rings. The number of halogens is 2. The summed E-state index contributed by atoms with van der Waals surface area (Å²) in [7, 11) is 0. The van der Waals surface area contributed by atoms with E-state index in [4.69, 9.17) is 0 Å². The Morgan fingerprint density at radius 1 is 1.41 bits per heavy atom. The lowest BCUT2D eigenvalue weighted by atomic mass is 10.0. The number of nitrogens with zero attached hydrogens (tertiary/aromatic N) is 1. The van der Waals surface area contributed by atoms with E-state index in [9.17, 15) is 13.6 Å². The van der Waals surface area contributed by atoms with Crippen molar-refractivity contribution in [3.8, 4) is 11.5 Å². The van der Waals surface area contributed by atoms with Crippen molar-refractivity contribution in [1.29, 1.82) is 0 Å². The number of likely N-dealkylation sites (tertiary alicyclic amines) is 1. The van der Waals surface area contributed by atoms with Crippen LogP contribution in [0.4, 0.5) is 14.5 Å². The maximum Gasteiger partial charge on any atom is 0.586 e. The number of alkyl halides is 2. The number of rotatable bonds is 3. The molecule has 1 saturated heterocycles. The van der Waals surface area contributed by atoms with E-state index >= 15 is 0 Å². The molecule has 7 heteroatoms. The summed E-state index contributed by atoms with van der Waals surface area (Å²) in [5.74, 6) is 0.487. The molecule has 1 fully saturated rings. The van der Waals surface area contributed by atoms with Crippen LogP contribution in [0.3, 0.4) is 0 Å². The molecule has 2 heterocycles. The van der Waals surface area contributed by atoms with Crippen LogP contribution in [0.5, 0.6) is 11.5 Å². The SMILES string of the molecule is C[C@H]1CCCN(C(=O)CNc2ccc3c(c2)OC(F)(F)O3)C1. The predicted octanol–water partition coefficient (Wildman–Crippen LogP) is 2.68. The lowest BCUT2D eigenvalue weighted by molar-refractivity contribution is -0.286. The lowest BCUT2D eigenvalue weighted by Crippen LogP contribution is -2.41. The molecular weight excluding hydrogens is 294 g/mol. The maximum atomic E-state index is 12.9. The molecule has 0 unspecified atom stereocenters. The van der Waals surface area contributed by atoms with Gasteiger partial charge in [0.15, 0.2) is 11.5 Å². The first-order chi connectivity index (χ1) is 10.4. The molecule has 3 rings (SSSR count). The van der Waals surface area contributed by atoms with Crippen molar-refractivity contribution < 1.29 is 23.0 Å². The van der Waals surface area contributed by atoms with Crippen LogP contribution in [-0.4, -0.2) is 36.7 Å². The quantitative estimate of drug-likeness (QED) is 0.932. The van der Waals surface area contributed by atoms with Crippen LogP contribution < -0.4 is 14.8 Å². The van der Waals surface area contributed by atoms with Gasteiger partial charge in [0.05, 0.1) is 6.54 Å². The Bertz CT molecular complexity index is 580. The predicted molar refractivity (Wildman–Crippen MR) is 76.1 cm³/mol. The molecule has 1 amide bonds. The number of carbonyl (C=O) groups is 1. The van der Waals surface area contributed by atoms with E-state index in [2.05, 4.69) is 21.7 Å². The number of nitrogens with one attached hydrogen (secondary N) is 1. The van der Waals surface area contributed by atoms with Crippen molar-refractivity contribution in [2.75, 3.05) is 25.0 Å². The Hall–Kier alpha value is -2.05. The second kappa shape index (κ2) is 5.62. The molecule has 1 aromatic rings. The molecule has 0 aromatic heterocycles. The Kier molecular flexibility index (Phi) is 3.80. The average Bonchev–Trinajstić information content (AvgIpc) is 2.77. The van der Waals surface area contributed by atoms with Gasteiger partial charge < -0.3 is 19.7 Å². The molecule has 0 aliphatic carbocycles. The highest BCUT2D eigenvalue weighted by atomic mass is 19.3. The van der Waals surface area contributed by atoms with E-state index < -0.39 is 6.29 Å². The molecule has 1 aromatic carbocycles. The Balaban J connectivity index is 1.57. The van der Waals surface area contributed by atoms with Gasteiger partial charge in [-0.25, -0.2) is 0 Å². The number of amides is 1. The summed E-state index contributed by atoms with van der Waals surface area (Å²) in [4.78, 5) is 14.0. The second-order valence-electron chi connectivity index (χ2n) is 5.77. The zero-order valence-electron chi connectivity index (χ0n) is 12.3. The standard InChI is InChI=1S/C15H18F2N2O3/c1-10-3-2-6-19(9-10)14(20)8-18-11-4-5-12-13(7-11)22-15(16,17)21-12/h4-5,7,10,18H,2-3,6,8-9H2,1H3/t10-/m0/s1. The summed E-state index contributed by atoms with van der Waals surface area (Å²) in [5, 5.41) is 2.94. The van der Waals surface area contributed by atoms with Crippen molar-refractivity contribution in [2.45, 2.75) is 26.1 Å². The van der Waals surface area contributed by atoms with Crippen molar-refractivity contribution in [3.05, 3.63) is 18.2 Å². The van der Waals surface area contributed by atoms with Gasteiger partial charge in [0, 0.05) is 24.8 Å². The molecule has 0 bridgehead atoms. The fourth-order valence-corrected chi connectivity index (χ4v) is 2.76. The van der Waals surface area contributed by atoms with Gasteiger partial charge in [0.1, 0.15) is 0 Å². The third kappa shape index (κ3) is 3.23. The van der Waals surface area contributed by atoms with Crippen LogP contribution in [-0.2, 0) is 4.79 Å². The van der Waals surface area contributed by atoms with E-state index in [0.29, 0.717) is 11.6 Å². The monoisotopic (exact) mass is 312 g/mol. The number of anilines is 1. The van der Waals surface area contributed by atoms with Gasteiger partial charge in [-0.15, -0.1) is 8.78 Å². The fourth-order valence-electron chi connectivity index (χ4n) is 2.76. The van der Waals surface area contributed by atoms with Gasteiger partial charge in [-0.3, -0.25) is 4.79 Å². The van der Waals surface area contributed by atoms with Gasteiger partial charge in [-0.1, -0.05) is 6.92 Å². The number of benzene rings is 1. The largest absolute Gasteiger partial charge is 0.586 e. The Morgan fingerprint density at radius 2 is 2.18 bits per heavy atom. The van der Waals surface area contributed by atoms with Crippen LogP contribution in [0.25, 0.3) is 0 Å². The summed E-state index contributed by atoms with van der Waals surface area (Å²) < 4.78 is 34.6. The van der Waals surface area contributed by atoms with Crippen LogP contribution in [0.15, 0.2) is 18.2 Å². The minimum absolute atomic E-state index is 0.00766. The molecule has 0 spiro atoms. The average molecular weight is 312 g/mol. The number of piperidine rings is 1. The lowest BCUT2D eigenvalue weighted by Gasteiger charge is -2.31. The van der Waals surface area contributed by atoms with Gasteiger partial charge in [0.2, 0.25) is 5.91 Å². The normalized spacial score (nSPS) is 22.5. The summed E-state index contributed by atoms with van der Waals surface area (Å²) in [6, 6.07) is 4.38. The highest BCUT2D eigenvalue weighted by molar-refractivity contribution is 5.81. The summed E-state index contributed by atoms with van der Waals surface area (Å²) in [5.41, 5.74) is 0.540. The fraction of sp³-hybridized carbons (Fsp3) is 0.533. The number of carbonyl (C=O) groups excluding carboxylic acids is 1. The second-order valence-corrected chi connectivity index (χ2v) is 5.77. The van der Waals surface area contributed by atoms with Crippen LogP contribution in [0.1, 0.15) is 19.8 Å². The molecule has 22 heavy (non-hydrogen) atoms. The Morgan fingerprint density at radius 3 is 2.95 bits per heavy atom. The first-order valence-corrected chi connectivity index (χ1v) is 7.34. The van der Waals surface area contributed by atoms with Gasteiger partial charge in [0.25, 0.3) is 0 Å². The minimum Gasteiger partial charge on any atom is -0.395 e. The molecule has 2 aliphatic heterocycles. The molecular formula is C15H18F2N2O3. The van der Waals surface area contributed by atoms with Crippen molar-refractivity contribution in [3.63, 3.8) is 0 Å². The van der Waals surface area contributed by atoms with Gasteiger partial charge in [-0.2, -0.15) is 0 Å². The van der Waals surface area contributed by atoms with E-state index in [1.165, 1.54) is 12.1 Å². The van der Waals surface area contributed by atoms with E-state index in [-0.39, 0.29) is 24.0 Å². The van der Waals surface area contributed by atoms with Gasteiger partial charge in [-0.05, 0) is 30.9 Å². The maximum absolute atomic E-state index is 12.9. The van der Waals surface area contributed by atoms with Crippen LogP contribution in [0, 0.1) is 5.92 Å². The number of fused-ring (bicyclic) bond motifs is 1. The van der Waals surface area contributed by atoms with Gasteiger partial charge >= 0.3 is 6.29 Å². The number of hydrogen-bond donors (Lipinski definition) is 1. The summed E-state index contributed by atoms with van der Waals surface area (Å²) in [6.07, 6.45) is -1.46. The van der Waals surface area contributed by atoms with E-state index in [1.54, 1.807) is 6.07 Å². The summed E-state index contributed by atoms with van der Waals surface area (Å²) in [6.45, 7) is 3.81. The zero-order valence-corrected chi connectivity index (χ0v) is 12.3. The molecule has 1 atom stereocenters. The van der Waals surface area contributed by atoms with Crippen LogP contribution in [0.2, 0.25) is 0 Å². The molecule has 120 valence electrons. The first kappa shape index (κ1) is 14.9. The first-order valence-electron chi connectivity index (χ1n) is 7.34. The Labute approximate surface area is 127 Å². The van der Waals surface area contributed by atoms with E-state index in [1.807, 2.05) is 4.90 Å². The minimum atomic E-state index is -3.62. The number of hydrogen-bond acceptors (Lipinski definition) is 4. The van der Waals surface area contributed by atoms with Crippen molar-refractivity contribution in [1.82, 2.24) is 4.90 Å². The van der Waals surface area contributed by atoms with Crippen molar-refractivity contribution in [2.24, 2.45) is 5.92 Å². The number of ether oxygens (including phenoxy) is 2. The van der Waals surface area contributed by atoms with Crippen LogP contribution >= 0.6 is 0 Å².